The van der Waals surface area contributed by atoms with Crippen molar-refractivity contribution in [3.8, 4) is 0 Å². The predicted molar refractivity (Wildman–Crippen MR) is 89.9 cm³/mol. The van der Waals surface area contributed by atoms with Gasteiger partial charge in [0.1, 0.15) is 0 Å². The van der Waals surface area contributed by atoms with Crippen LogP contribution in [0.15, 0.2) is 11.6 Å². The average Bonchev–Trinajstić information content (AvgIpc) is 2.83. The topological polar surface area (TPSA) is 49.7 Å². The van der Waals surface area contributed by atoms with Crippen molar-refractivity contribution in [2.24, 2.45) is 28.6 Å². The molecular formula is C20H32O3. The van der Waals surface area contributed by atoms with Gasteiger partial charge in [0.05, 0.1) is 18.3 Å². The van der Waals surface area contributed by atoms with Crippen molar-refractivity contribution in [1.82, 2.24) is 0 Å². The first kappa shape index (κ1) is 16.1. The van der Waals surface area contributed by atoms with Gasteiger partial charge in [-0.15, -0.1) is 0 Å². The second-order valence-electron chi connectivity index (χ2n) is 9.12. The number of hydrogen-bond donors (Lipinski definition) is 2. The van der Waals surface area contributed by atoms with Crippen LogP contribution < -0.4 is 0 Å². The maximum absolute atomic E-state index is 10.6. The second-order valence-corrected chi connectivity index (χ2v) is 9.12. The van der Waals surface area contributed by atoms with Crippen LogP contribution in [0.4, 0.5) is 0 Å². The average molecular weight is 320 g/mol. The molecule has 0 radical (unpaired) electrons. The Balaban J connectivity index is 1.73. The second kappa shape index (κ2) is 5.31. The lowest BCUT2D eigenvalue weighted by molar-refractivity contribution is -0.102. The number of aliphatic hydroxyl groups is 2. The van der Waals surface area contributed by atoms with Gasteiger partial charge in [-0.2, -0.15) is 0 Å². The maximum atomic E-state index is 10.6. The van der Waals surface area contributed by atoms with Gasteiger partial charge in [0.2, 0.25) is 0 Å². The fraction of sp³-hybridized carbons (Fsp3) is 0.900. The Labute approximate surface area is 140 Å². The van der Waals surface area contributed by atoms with Crippen LogP contribution in [0.25, 0.3) is 0 Å². The molecule has 130 valence electrons. The van der Waals surface area contributed by atoms with Crippen molar-refractivity contribution in [3.63, 3.8) is 0 Å². The highest BCUT2D eigenvalue weighted by Gasteiger charge is 2.60. The van der Waals surface area contributed by atoms with Gasteiger partial charge < -0.3 is 14.9 Å². The van der Waals surface area contributed by atoms with Gasteiger partial charge in [-0.3, -0.25) is 0 Å². The number of methoxy groups -OCH3 is 1. The molecule has 0 aliphatic heterocycles. The quantitative estimate of drug-likeness (QED) is 0.729. The molecule has 23 heavy (non-hydrogen) atoms. The van der Waals surface area contributed by atoms with Gasteiger partial charge in [-0.25, -0.2) is 0 Å². The van der Waals surface area contributed by atoms with Crippen molar-refractivity contribution in [2.75, 3.05) is 7.11 Å². The molecule has 3 fully saturated rings. The van der Waals surface area contributed by atoms with Crippen LogP contribution in [-0.4, -0.2) is 35.6 Å². The highest BCUT2D eigenvalue weighted by atomic mass is 16.5. The van der Waals surface area contributed by atoms with Crippen LogP contribution in [0.3, 0.4) is 0 Å². The van der Waals surface area contributed by atoms with Crippen LogP contribution in [0.2, 0.25) is 0 Å². The molecule has 3 saturated carbocycles. The first-order valence-corrected chi connectivity index (χ1v) is 9.51. The molecule has 8 atom stereocenters. The molecule has 0 bridgehead atoms. The Morgan fingerprint density at radius 3 is 2.57 bits per heavy atom. The standard InChI is InChI=1S/C20H32O3/c1-19-8-6-12(21)10-16(19)17(23-3)11-13-14-4-5-18(22)20(14,2)9-7-15(13)19/h10,12-15,17-18,21-22H,4-9,11H2,1-3H3/t12-,13-,14-,15-,17?,18-,19+,20-/m0/s1. The van der Waals surface area contributed by atoms with Crippen molar-refractivity contribution < 1.29 is 14.9 Å². The van der Waals surface area contributed by atoms with E-state index in [0.717, 1.165) is 32.1 Å². The van der Waals surface area contributed by atoms with Crippen molar-refractivity contribution in [1.29, 1.82) is 0 Å². The van der Waals surface area contributed by atoms with Crippen LogP contribution in [-0.2, 0) is 4.74 Å². The Bertz CT molecular complexity index is 515. The molecular weight excluding hydrogens is 288 g/mol. The fourth-order valence-electron chi connectivity index (χ4n) is 6.92. The maximum Gasteiger partial charge on any atom is 0.0790 e. The van der Waals surface area contributed by atoms with Crippen molar-refractivity contribution in [2.45, 2.75) is 77.1 Å². The first-order valence-electron chi connectivity index (χ1n) is 9.51. The van der Waals surface area contributed by atoms with E-state index < -0.39 is 0 Å². The largest absolute Gasteiger partial charge is 0.393 e. The number of rotatable bonds is 1. The SMILES string of the molecule is COC1C[C@H]2[C@@H]3CC[C@H](O)[C@@]3(C)CC[C@@H]2[C@@]2(C)CC[C@H](O)C=C12. The Morgan fingerprint density at radius 2 is 1.83 bits per heavy atom. The van der Waals surface area contributed by atoms with Gasteiger partial charge in [0, 0.05) is 7.11 Å². The highest BCUT2D eigenvalue weighted by molar-refractivity contribution is 5.29. The van der Waals surface area contributed by atoms with E-state index >= 15 is 0 Å². The van der Waals surface area contributed by atoms with Crippen molar-refractivity contribution in [3.05, 3.63) is 11.6 Å². The molecule has 2 N–H and O–H groups in total. The smallest absolute Gasteiger partial charge is 0.0790 e. The molecule has 0 amide bonds. The van der Waals surface area contributed by atoms with Gasteiger partial charge in [0.15, 0.2) is 0 Å². The van der Waals surface area contributed by atoms with E-state index in [9.17, 15) is 10.2 Å². The summed E-state index contributed by atoms with van der Waals surface area (Å²) in [6, 6.07) is 0. The molecule has 1 unspecified atom stereocenters. The fourth-order valence-corrected chi connectivity index (χ4v) is 6.92. The zero-order chi connectivity index (χ0) is 16.4. The summed E-state index contributed by atoms with van der Waals surface area (Å²) in [7, 11) is 1.82. The molecule has 0 aromatic carbocycles. The van der Waals surface area contributed by atoms with E-state index in [-0.39, 0.29) is 29.1 Å². The van der Waals surface area contributed by atoms with E-state index in [4.69, 9.17) is 4.74 Å². The number of fused-ring (bicyclic) bond motifs is 5. The van der Waals surface area contributed by atoms with Gasteiger partial charge >= 0.3 is 0 Å². The van der Waals surface area contributed by atoms with E-state index in [1.807, 2.05) is 7.11 Å². The highest BCUT2D eigenvalue weighted by Crippen LogP contribution is 2.65. The van der Waals surface area contributed by atoms with Crippen molar-refractivity contribution >= 4 is 0 Å². The van der Waals surface area contributed by atoms with E-state index in [2.05, 4.69) is 19.9 Å². The summed E-state index contributed by atoms with van der Waals surface area (Å²) >= 11 is 0. The molecule has 0 aromatic rings. The predicted octanol–water partition coefficient (Wildman–Crippen LogP) is 3.30. The monoisotopic (exact) mass is 320 g/mol. The molecule has 4 aliphatic rings. The minimum Gasteiger partial charge on any atom is -0.393 e. The summed E-state index contributed by atoms with van der Waals surface area (Å²) in [4.78, 5) is 0. The lowest BCUT2D eigenvalue weighted by atomic mass is 9.47. The van der Waals surface area contributed by atoms with Gasteiger partial charge in [-0.05, 0) is 79.1 Å². The third kappa shape index (κ3) is 2.12. The Hall–Kier alpha value is -0.380. The van der Waals surface area contributed by atoms with E-state index in [0.29, 0.717) is 17.8 Å². The third-order valence-electron chi connectivity index (χ3n) is 8.31. The third-order valence-corrected chi connectivity index (χ3v) is 8.31. The van der Waals surface area contributed by atoms with Gasteiger partial charge in [0.25, 0.3) is 0 Å². The molecule has 0 aromatic heterocycles. The molecule has 4 rings (SSSR count). The van der Waals surface area contributed by atoms with Crippen LogP contribution in [0, 0.1) is 28.6 Å². The molecule has 3 nitrogen and oxygen atoms in total. The lowest BCUT2D eigenvalue weighted by Crippen LogP contribution is -2.54. The summed E-state index contributed by atoms with van der Waals surface area (Å²) in [6.45, 7) is 4.74. The summed E-state index contributed by atoms with van der Waals surface area (Å²) in [5, 5.41) is 20.7. The summed E-state index contributed by atoms with van der Waals surface area (Å²) in [6.07, 6.45) is 9.38. The lowest BCUT2D eigenvalue weighted by Gasteiger charge is -2.59. The van der Waals surface area contributed by atoms with E-state index in [1.54, 1.807) is 0 Å². The number of ether oxygens (including phenoxy) is 1. The normalized spacial score (nSPS) is 55.6. The molecule has 3 heteroatoms. The molecule has 0 spiro atoms. The van der Waals surface area contributed by atoms with Crippen LogP contribution in [0.5, 0.6) is 0 Å². The van der Waals surface area contributed by atoms with Crippen LogP contribution in [0.1, 0.15) is 58.8 Å². The molecule has 0 heterocycles. The molecule has 0 saturated heterocycles. The molecule has 4 aliphatic carbocycles. The minimum atomic E-state index is -0.297. The summed E-state index contributed by atoms with van der Waals surface area (Å²) in [5.41, 5.74) is 1.66. The number of hydrogen-bond acceptors (Lipinski definition) is 3. The Morgan fingerprint density at radius 1 is 1.04 bits per heavy atom. The summed E-state index contributed by atoms with van der Waals surface area (Å²) < 4.78 is 5.89. The first-order chi connectivity index (χ1) is 10.9. The minimum absolute atomic E-state index is 0.116. The Kier molecular flexibility index (Phi) is 3.72. The zero-order valence-electron chi connectivity index (χ0n) is 14.8. The zero-order valence-corrected chi connectivity index (χ0v) is 14.8. The van der Waals surface area contributed by atoms with Gasteiger partial charge in [-0.1, -0.05) is 19.9 Å². The number of aliphatic hydroxyl groups excluding tert-OH is 2. The van der Waals surface area contributed by atoms with Crippen LogP contribution >= 0.6 is 0 Å². The summed E-state index contributed by atoms with van der Waals surface area (Å²) in [5.74, 6) is 1.99. The van der Waals surface area contributed by atoms with E-state index in [1.165, 1.54) is 18.4 Å².